The Morgan fingerprint density at radius 3 is 1.86 bits per heavy atom. The highest BCUT2D eigenvalue weighted by Crippen LogP contribution is 2.26. The van der Waals surface area contributed by atoms with Crippen molar-refractivity contribution in [2.75, 3.05) is 44.2 Å². The lowest BCUT2D eigenvalue weighted by Crippen LogP contribution is -2.61. The van der Waals surface area contributed by atoms with Crippen molar-refractivity contribution in [3.05, 3.63) is 108 Å². The predicted octanol–water partition coefficient (Wildman–Crippen LogP) is -3.89. The van der Waals surface area contributed by atoms with E-state index in [4.69, 9.17) is 17.2 Å². The average molecular weight is 1420 g/mol. The van der Waals surface area contributed by atoms with Crippen LogP contribution in [0.4, 0.5) is 0 Å². The van der Waals surface area contributed by atoms with Crippen molar-refractivity contribution in [3.8, 4) is 0 Å². The number of H-pyrrole nitrogens is 2. The van der Waals surface area contributed by atoms with Crippen molar-refractivity contribution in [2.24, 2.45) is 17.2 Å². The molecule has 2 aromatic heterocycles. The second-order valence-corrected chi connectivity index (χ2v) is 26.7. The molecule has 538 valence electrons. The number of hydrogen-bond acceptors (Lipinski definition) is 19. The van der Waals surface area contributed by atoms with Crippen LogP contribution in [0.5, 0.6) is 0 Å². The second-order valence-electron chi connectivity index (χ2n) is 24.1. The van der Waals surface area contributed by atoms with Gasteiger partial charge in [-0.25, -0.2) is 4.79 Å². The van der Waals surface area contributed by atoms with E-state index in [1.54, 1.807) is 91.3 Å². The monoisotopic (exact) mass is 1420 g/mol. The molecule has 21 N–H and O–H groups in total. The summed E-state index contributed by atoms with van der Waals surface area (Å²) in [4.78, 5) is 202. The van der Waals surface area contributed by atoms with Gasteiger partial charge < -0.3 is 101 Å². The lowest BCUT2D eigenvalue weighted by molar-refractivity contribution is -0.142. The number of rotatable bonds is 22. The van der Waals surface area contributed by atoms with Crippen molar-refractivity contribution in [1.29, 1.82) is 0 Å². The Bertz CT molecular complexity index is 3780. The van der Waals surface area contributed by atoms with Crippen molar-refractivity contribution in [3.63, 3.8) is 0 Å². The largest absolute Gasteiger partial charge is 0.480 e. The van der Waals surface area contributed by atoms with E-state index in [0.717, 1.165) is 28.5 Å². The summed E-state index contributed by atoms with van der Waals surface area (Å²) in [6.07, 6.45) is 1.29. The molecule has 33 nitrogen and oxygen atoms in total. The third-order valence-electron chi connectivity index (χ3n) is 16.4. The number of aromatic amines is 2. The molecule has 0 bridgehead atoms. The Morgan fingerprint density at radius 1 is 0.650 bits per heavy atom. The zero-order valence-electron chi connectivity index (χ0n) is 54.9. The van der Waals surface area contributed by atoms with Crippen LogP contribution in [0.1, 0.15) is 69.1 Å². The number of para-hydroxylation sites is 2. The fourth-order valence-electron chi connectivity index (χ4n) is 11.1. The summed E-state index contributed by atoms with van der Waals surface area (Å²) in [7, 11) is 1.80. The van der Waals surface area contributed by atoms with Gasteiger partial charge in [0.2, 0.25) is 76.8 Å². The smallest absolute Gasteiger partial charge is 0.326 e. The highest BCUT2D eigenvalue weighted by Gasteiger charge is 2.41. The lowest BCUT2D eigenvalue weighted by atomic mass is 10.0. The van der Waals surface area contributed by atoms with Crippen LogP contribution in [0.15, 0.2) is 91.3 Å². The molecular weight excluding hydrogens is 1340 g/mol. The van der Waals surface area contributed by atoms with Gasteiger partial charge >= 0.3 is 5.97 Å². The molecule has 4 heterocycles. The molecule has 3 aromatic carbocycles. The van der Waals surface area contributed by atoms with Gasteiger partial charge in [0.05, 0.1) is 38.2 Å². The second kappa shape index (κ2) is 37.7. The van der Waals surface area contributed by atoms with Crippen LogP contribution in [0.2, 0.25) is 0 Å². The Hall–Kier alpha value is -10.1. The highest BCUT2D eigenvalue weighted by molar-refractivity contribution is 8.76. The molecule has 2 saturated heterocycles. The number of carbonyl (C=O) groups excluding carboxylic acids is 13. The van der Waals surface area contributed by atoms with Gasteiger partial charge in [0, 0.05) is 71.5 Å². The first-order chi connectivity index (χ1) is 47.8. The summed E-state index contributed by atoms with van der Waals surface area (Å²) in [5.74, 6) is -14.5. The molecule has 0 unspecified atom stereocenters. The van der Waals surface area contributed by atoms with Gasteiger partial charge in [-0.3, -0.25) is 62.3 Å². The fraction of sp³-hybridized carbons (Fsp3) is 0.446. The average Bonchev–Trinajstić information content (AvgIpc) is 1.74. The minimum Gasteiger partial charge on any atom is -0.480 e. The maximum atomic E-state index is 15.1. The van der Waals surface area contributed by atoms with E-state index in [1.807, 2.05) is 0 Å². The Morgan fingerprint density at radius 2 is 1.24 bits per heavy atom. The zero-order chi connectivity index (χ0) is 72.6. The molecule has 100 heavy (non-hydrogen) atoms. The summed E-state index contributed by atoms with van der Waals surface area (Å²) in [6.45, 7) is 0.418. The first-order valence-electron chi connectivity index (χ1n) is 32.4. The molecule has 0 saturated carbocycles. The van der Waals surface area contributed by atoms with Gasteiger partial charge in [0.15, 0.2) is 0 Å². The number of benzene rings is 3. The maximum absolute atomic E-state index is 15.1. The predicted molar refractivity (Wildman–Crippen MR) is 368 cm³/mol. The molecule has 2 aliphatic rings. The van der Waals surface area contributed by atoms with Crippen LogP contribution in [0, 0.1) is 0 Å². The minimum absolute atomic E-state index is 0.0271. The molecule has 2 fully saturated rings. The number of nitrogens with one attached hydrogen (secondary N) is 13. The number of nitrogens with two attached hydrogens (primary N) is 3. The van der Waals surface area contributed by atoms with Crippen molar-refractivity contribution in [2.45, 2.75) is 138 Å². The SMILES string of the molecule is C[C@H](N)C(=O)N[C@H]1CSSC[C@@H](C(=O)NCC(=O)NCC(=O)N[C@@H](CCCCN)C(=O)O)NC(=O)[C@H](Cc2c[nH]c3ccccc23)NC(=O)[C@H]([C@@H](C)O)NC(=O)[C@H](CC(N)=O)NC(=O)CNC(=O)[C@H](Cc2c[nH]c3ccccc23)NC(=O)[C@@H]2CCCN2C(=O)[C@H](Cc2ccccc2)NC1=O. The van der Waals surface area contributed by atoms with Crippen LogP contribution < -0.4 is 75.7 Å². The van der Waals surface area contributed by atoms with Crippen LogP contribution in [0.3, 0.4) is 0 Å². The van der Waals surface area contributed by atoms with E-state index in [9.17, 15) is 72.5 Å². The van der Waals surface area contributed by atoms with Crippen LogP contribution in [-0.2, 0) is 86.4 Å². The molecule has 5 aromatic rings. The highest BCUT2D eigenvalue weighted by atomic mass is 33.1. The van der Waals surface area contributed by atoms with E-state index in [1.165, 1.54) is 11.8 Å². The number of fused-ring (bicyclic) bond motifs is 3. The number of nitrogens with zero attached hydrogens (tertiary/aromatic N) is 1. The summed E-state index contributed by atoms with van der Waals surface area (Å²) >= 11 is 0. The van der Waals surface area contributed by atoms with E-state index in [2.05, 4.69) is 68.5 Å². The third kappa shape index (κ3) is 22.7. The number of aliphatic carboxylic acids is 1. The Kier molecular flexibility index (Phi) is 29.2. The molecular formula is C65H85N17O16S2. The molecule has 0 radical (unpaired) electrons. The molecule has 0 spiro atoms. The van der Waals surface area contributed by atoms with E-state index in [0.29, 0.717) is 64.3 Å². The van der Waals surface area contributed by atoms with Crippen LogP contribution in [-0.4, -0.2) is 219 Å². The number of hydrogen-bond donors (Lipinski definition) is 18. The molecule has 35 heteroatoms. The fourth-order valence-corrected chi connectivity index (χ4v) is 13.4. The third-order valence-corrected chi connectivity index (χ3v) is 18.8. The molecule has 13 amide bonds. The van der Waals surface area contributed by atoms with Gasteiger partial charge in [-0.2, -0.15) is 0 Å². The van der Waals surface area contributed by atoms with Gasteiger partial charge in [-0.05, 0) is 81.3 Å². The zero-order valence-corrected chi connectivity index (χ0v) is 56.6. The van der Waals surface area contributed by atoms with Crippen LogP contribution in [0.25, 0.3) is 21.8 Å². The van der Waals surface area contributed by atoms with Gasteiger partial charge in [0.25, 0.3) is 0 Å². The Labute approximate surface area is 581 Å². The number of aliphatic hydroxyl groups is 1. The first kappa shape index (κ1) is 77.3. The van der Waals surface area contributed by atoms with E-state index < -0.39 is 181 Å². The summed E-state index contributed by atoms with van der Waals surface area (Å²) in [5, 5.41) is 49.4. The van der Waals surface area contributed by atoms with E-state index in [-0.39, 0.29) is 44.4 Å². The number of carboxylic acids is 1. The summed E-state index contributed by atoms with van der Waals surface area (Å²) < 4.78 is 0. The van der Waals surface area contributed by atoms with Gasteiger partial charge in [-0.1, -0.05) is 88.3 Å². The number of aromatic nitrogens is 2. The number of unbranched alkanes of at least 4 members (excludes halogenated alkanes) is 1. The quantitative estimate of drug-likeness (QED) is 0.0233. The maximum Gasteiger partial charge on any atom is 0.326 e. The first-order valence-corrected chi connectivity index (χ1v) is 34.9. The molecule has 2 aliphatic heterocycles. The number of carbonyl (C=O) groups is 14. The van der Waals surface area contributed by atoms with Crippen LogP contribution >= 0.6 is 21.6 Å². The number of primary amides is 1. The van der Waals surface area contributed by atoms with Gasteiger partial charge in [-0.15, -0.1) is 0 Å². The normalized spacial score (nSPS) is 22.2. The molecule has 11 atom stereocenters. The number of aliphatic hydroxyl groups excluding tert-OH is 1. The topological polar surface area (TPSA) is 525 Å². The van der Waals surface area contributed by atoms with Crippen molar-refractivity contribution < 1.29 is 77.3 Å². The van der Waals surface area contributed by atoms with E-state index >= 15 is 4.79 Å². The number of carboxylic acid groups (broad SMARTS) is 1. The summed E-state index contributed by atoms with van der Waals surface area (Å²) in [5.41, 5.74) is 20.0. The van der Waals surface area contributed by atoms with Crippen molar-refractivity contribution in [1.82, 2.24) is 73.4 Å². The standard InChI is InChI=1S/C65H85N17O16S2/c1-34(67)56(88)79-49-33-100-99-32-48(58(90)72-29-52(85)71-30-53(86)74-43(65(97)98)19-10-11-21-66)80-59(91)45(25-38-28-70-42-18-9-7-16-40(38)42)77-63(95)55(35(2)83)81-60(92)46(26-51(68)84)75-54(87)31-73-57(89)44(24-37-27-69-41-17-8-6-15-39(37)41)76-62(94)50-20-12-22-82(50)64(96)47(78-61(49)93)23-36-13-4-3-5-14-36/h3-9,13-18,27-28,34-35,43-50,55,69-70,83H,10-12,19-26,29-33,66-67H2,1-2H3,(H2,68,84)(H,71,85)(H,72,90)(H,73,89)(H,74,86)(H,75,87)(H,76,94)(H,77,95)(H,78,93)(H,79,88)(H,80,91)(H,81,92)(H,97,98)/t34-,35+,43-,44-,45-,46-,47-,48-,49-,50-,55-/m0/s1. The van der Waals surface area contributed by atoms with Gasteiger partial charge in [0.1, 0.15) is 54.4 Å². The van der Waals surface area contributed by atoms with Crippen molar-refractivity contribution >= 4 is 126 Å². The number of amides is 13. The Balaban J connectivity index is 1.23. The molecule has 7 rings (SSSR count). The summed E-state index contributed by atoms with van der Waals surface area (Å²) in [6, 6.07) is 7.53. The molecule has 0 aliphatic carbocycles. The minimum atomic E-state index is -1.95. The lowest BCUT2D eigenvalue weighted by Gasteiger charge is -2.31.